The number of rotatable bonds is 8. The highest BCUT2D eigenvalue weighted by Crippen LogP contribution is 2.17. The molecule has 0 radical (unpaired) electrons. The minimum Gasteiger partial charge on any atom is -0.382 e. The summed E-state index contributed by atoms with van der Waals surface area (Å²) in [4.78, 5) is 0. The Morgan fingerprint density at radius 2 is 2.00 bits per heavy atom. The van der Waals surface area contributed by atoms with E-state index in [1.54, 1.807) is 26.2 Å². The van der Waals surface area contributed by atoms with Gasteiger partial charge >= 0.3 is 0 Å². The summed E-state index contributed by atoms with van der Waals surface area (Å²) in [6.45, 7) is 7.18. The van der Waals surface area contributed by atoms with E-state index in [0.717, 1.165) is 18.6 Å². The highest BCUT2D eigenvalue weighted by Gasteiger charge is 2.17. The van der Waals surface area contributed by atoms with Crippen LogP contribution >= 0.6 is 0 Å². The molecule has 0 aromatic heterocycles. The van der Waals surface area contributed by atoms with Gasteiger partial charge in [-0.1, -0.05) is 24.3 Å². The normalized spacial score (nSPS) is 13.9. The molecule has 0 aromatic rings. The van der Waals surface area contributed by atoms with Gasteiger partial charge in [-0.25, -0.2) is 8.78 Å². The summed E-state index contributed by atoms with van der Waals surface area (Å²) in [5.41, 5.74) is 1.25. The second-order valence-corrected chi connectivity index (χ2v) is 3.81. The van der Waals surface area contributed by atoms with Crippen molar-refractivity contribution < 1.29 is 18.3 Å². The molecule has 0 heterocycles. The van der Waals surface area contributed by atoms with Gasteiger partial charge in [-0.15, -0.1) is 0 Å². The first-order chi connectivity index (χ1) is 7.89. The highest BCUT2D eigenvalue weighted by molar-refractivity contribution is 5.29. The van der Waals surface area contributed by atoms with Gasteiger partial charge in [-0.2, -0.15) is 0 Å². The lowest BCUT2D eigenvalue weighted by Gasteiger charge is -2.09. The first kappa shape index (κ1) is 16.0. The summed E-state index contributed by atoms with van der Waals surface area (Å²) >= 11 is 0. The maximum absolute atomic E-state index is 12.9. The fourth-order valence-electron chi connectivity index (χ4n) is 1.13. The third-order valence-electron chi connectivity index (χ3n) is 1.87. The van der Waals surface area contributed by atoms with E-state index in [4.69, 9.17) is 9.47 Å². The van der Waals surface area contributed by atoms with Crippen molar-refractivity contribution >= 4 is 0 Å². The Morgan fingerprint density at radius 3 is 2.47 bits per heavy atom. The van der Waals surface area contributed by atoms with Gasteiger partial charge in [0, 0.05) is 14.0 Å². The minimum absolute atomic E-state index is 0.137. The molecule has 0 aliphatic heterocycles. The van der Waals surface area contributed by atoms with Crippen molar-refractivity contribution in [1.29, 1.82) is 0 Å². The standard InChI is InChI=1S/C13H20F2O2/c1-5-11(2)8-12(9-13(3,14)15)10-17-7-6-16-4/h5,8-9H,1,6-7,10H2,2-4H3/b11-8-,12-9-. The van der Waals surface area contributed by atoms with Gasteiger partial charge in [0.25, 0.3) is 5.92 Å². The molecular weight excluding hydrogens is 226 g/mol. The van der Waals surface area contributed by atoms with E-state index in [1.807, 2.05) is 0 Å². The van der Waals surface area contributed by atoms with E-state index < -0.39 is 5.92 Å². The molecule has 0 bridgehead atoms. The average Bonchev–Trinajstić information content (AvgIpc) is 2.21. The molecular formula is C13H20F2O2. The van der Waals surface area contributed by atoms with Crippen LogP contribution in [0.3, 0.4) is 0 Å². The number of halogens is 2. The third kappa shape index (κ3) is 9.90. The Morgan fingerprint density at radius 1 is 1.35 bits per heavy atom. The summed E-state index contributed by atoms with van der Waals surface area (Å²) in [7, 11) is 1.56. The second kappa shape index (κ2) is 8.14. The van der Waals surface area contributed by atoms with Gasteiger partial charge < -0.3 is 9.47 Å². The molecule has 0 fully saturated rings. The Kier molecular flexibility index (Phi) is 7.66. The van der Waals surface area contributed by atoms with Crippen LogP contribution in [0.4, 0.5) is 8.78 Å². The first-order valence-corrected chi connectivity index (χ1v) is 5.36. The van der Waals surface area contributed by atoms with Gasteiger partial charge in [0.1, 0.15) is 0 Å². The lowest BCUT2D eigenvalue weighted by atomic mass is 10.1. The van der Waals surface area contributed by atoms with Gasteiger partial charge in [0.05, 0.1) is 19.8 Å². The molecule has 0 atom stereocenters. The van der Waals surface area contributed by atoms with Crippen LogP contribution in [0.15, 0.2) is 36.0 Å². The smallest absolute Gasteiger partial charge is 0.264 e. The predicted octanol–water partition coefficient (Wildman–Crippen LogP) is 3.36. The maximum Gasteiger partial charge on any atom is 0.264 e. The Hall–Kier alpha value is -1.00. The maximum atomic E-state index is 12.9. The number of hydrogen-bond acceptors (Lipinski definition) is 2. The molecule has 0 aromatic carbocycles. The van der Waals surface area contributed by atoms with Crippen molar-refractivity contribution in [2.45, 2.75) is 19.8 Å². The topological polar surface area (TPSA) is 18.5 Å². The Balaban J connectivity index is 4.53. The van der Waals surface area contributed by atoms with Gasteiger partial charge in [0.2, 0.25) is 0 Å². The van der Waals surface area contributed by atoms with Crippen LogP contribution < -0.4 is 0 Å². The van der Waals surface area contributed by atoms with Crippen LogP contribution in [0, 0.1) is 0 Å². The van der Waals surface area contributed by atoms with E-state index in [1.165, 1.54) is 0 Å². The summed E-state index contributed by atoms with van der Waals surface area (Å²) in [5.74, 6) is -2.85. The van der Waals surface area contributed by atoms with Crippen LogP contribution in [0.5, 0.6) is 0 Å². The SMILES string of the molecule is C=C/C(C)=C\C(=C\C(C)(F)F)COCCOC. The molecule has 17 heavy (non-hydrogen) atoms. The van der Waals surface area contributed by atoms with E-state index in [9.17, 15) is 8.78 Å². The number of ether oxygens (including phenoxy) is 2. The zero-order valence-electron chi connectivity index (χ0n) is 10.6. The fraction of sp³-hybridized carbons (Fsp3) is 0.538. The van der Waals surface area contributed by atoms with Crippen LogP contribution in [0.25, 0.3) is 0 Å². The molecule has 0 aliphatic rings. The lowest BCUT2D eigenvalue weighted by molar-refractivity contribution is 0.0692. The molecule has 98 valence electrons. The summed E-state index contributed by atoms with van der Waals surface area (Å²) in [6.07, 6.45) is 4.14. The second-order valence-electron chi connectivity index (χ2n) is 3.81. The average molecular weight is 246 g/mol. The zero-order valence-corrected chi connectivity index (χ0v) is 10.6. The minimum atomic E-state index is -2.85. The molecule has 0 spiro atoms. The molecule has 0 amide bonds. The van der Waals surface area contributed by atoms with Crippen molar-refractivity contribution in [1.82, 2.24) is 0 Å². The molecule has 0 aliphatic carbocycles. The van der Waals surface area contributed by atoms with E-state index in [0.29, 0.717) is 18.8 Å². The molecule has 0 N–H and O–H groups in total. The molecule has 2 nitrogen and oxygen atoms in total. The van der Waals surface area contributed by atoms with Gasteiger partial charge in [-0.3, -0.25) is 0 Å². The first-order valence-electron chi connectivity index (χ1n) is 5.36. The number of allylic oxidation sites excluding steroid dienone is 3. The summed E-state index contributed by atoms with van der Waals surface area (Å²) in [5, 5.41) is 0. The van der Waals surface area contributed by atoms with E-state index >= 15 is 0 Å². The molecule has 0 saturated heterocycles. The van der Waals surface area contributed by atoms with Crippen LogP contribution in [-0.4, -0.2) is 32.9 Å². The number of methoxy groups -OCH3 is 1. The van der Waals surface area contributed by atoms with Crippen molar-refractivity contribution in [2.75, 3.05) is 26.9 Å². The molecule has 0 saturated carbocycles. The largest absolute Gasteiger partial charge is 0.382 e. The highest BCUT2D eigenvalue weighted by atomic mass is 19.3. The van der Waals surface area contributed by atoms with Crippen molar-refractivity contribution in [3.63, 3.8) is 0 Å². The summed E-state index contributed by atoms with van der Waals surface area (Å²) < 4.78 is 35.8. The quantitative estimate of drug-likeness (QED) is 0.483. The van der Waals surface area contributed by atoms with Crippen molar-refractivity contribution in [2.24, 2.45) is 0 Å². The van der Waals surface area contributed by atoms with E-state index in [-0.39, 0.29) is 6.61 Å². The van der Waals surface area contributed by atoms with Gasteiger partial charge in [-0.05, 0) is 18.6 Å². The van der Waals surface area contributed by atoms with Crippen LogP contribution in [0.2, 0.25) is 0 Å². The van der Waals surface area contributed by atoms with Crippen molar-refractivity contribution in [3.8, 4) is 0 Å². The molecule has 0 unspecified atom stereocenters. The number of hydrogen-bond donors (Lipinski definition) is 0. The van der Waals surface area contributed by atoms with Gasteiger partial charge in [0.15, 0.2) is 0 Å². The van der Waals surface area contributed by atoms with Crippen LogP contribution in [0.1, 0.15) is 13.8 Å². The molecule has 4 heteroatoms. The fourth-order valence-corrected chi connectivity index (χ4v) is 1.13. The predicted molar refractivity (Wildman–Crippen MR) is 65.4 cm³/mol. The Bertz CT molecular complexity index is 288. The monoisotopic (exact) mass is 246 g/mol. The summed E-state index contributed by atoms with van der Waals surface area (Å²) in [6, 6.07) is 0. The third-order valence-corrected chi connectivity index (χ3v) is 1.87. The van der Waals surface area contributed by atoms with Crippen LogP contribution in [-0.2, 0) is 9.47 Å². The molecule has 0 rings (SSSR count). The van der Waals surface area contributed by atoms with E-state index in [2.05, 4.69) is 6.58 Å². The van der Waals surface area contributed by atoms with Crippen molar-refractivity contribution in [3.05, 3.63) is 36.0 Å². The Labute approximate surface area is 102 Å². The zero-order chi connectivity index (χ0) is 13.3. The lowest BCUT2D eigenvalue weighted by Crippen LogP contribution is -2.10. The number of alkyl halides is 2.